The second-order valence-corrected chi connectivity index (χ2v) is 7.78. The van der Waals surface area contributed by atoms with E-state index in [0.29, 0.717) is 11.8 Å². The molecule has 4 heteroatoms. The van der Waals surface area contributed by atoms with E-state index < -0.39 is 16.8 Å². The molecular formula is C16H22O3S. The zero-order valence-electron chi connectivity index (χ0n) is 12.0. The summed E-state index contributed by atoms with van der Waals surface area (Å²) in [4.78, 5) is 11.5. The van der Waals surface area contributed by atoms with Crippen LogP contribution in [0.5, 0.6) is 0 Å². The van der Waals surface area contributed by atoms with E-state index in [1.807, 2.05) is 12.1 Å². The molecule has 110 valence electrons. The molecule has 0 heterocycles. The molecule has 3 nitrogen and oxygen atoms in total. The number of aliphatic carboxylic acids is 1. The maximum absolute atomic E-state index is 12.6. The van der Waals surface area contributed by atoms with Crippen molar-refractivity contribution in [2.24, 2.45) is 11.8 Å². The van der Waals surface area contributed by atoms with Gasteiger partial charge in [-0.05, 0) is 48.8 Å². The third-order valence-corrected chi connectivity index (χ3v) is 5.68. The molecule has 20 heavy (non-hydrogen) atoms. The van der Waals surface area contributed by atoms with Crippen LogP contribution in [0.15, 0.2) is 29.2 Å². The fraction of sp³-hybridized carbons (Fsp3) is 0.562. The molecular weight excluding hydrogens is 272 g/mol. The molecule has 3 atom stereocenters. The number of rotatable bonds is 4. The largest absolute Gasteiger partial charge is 0.481 e. The number of hydrogen-bond acceptors (Lipinski definition) is 2. The molecule has 1 aromatic carbocycles. The van der Waals surface area contributed by atoms with Crippen LogP contribution in [0.2, 0.25) is 0 Å². The molecule has 0 aromatic heterocycles. The van der Waals surface area contributed by atoms with Gasteiger partial charge in [-0.1, -0.05) is 26.0 Å². The van der Waals surface area contributed by atoms with Crippen LogP contribution in [0.25, 0.3) is 0 Å². The molecule has 0 saturated heterocycles. The van der Waals surface area contributed by atoms with E-state index in [1.54, 1.807) is 12.1 Å². The van der Waals surface area contributed by atoms with Crippen molar-refractivity contribution in [3.8, 4) is 0 Å². The van der Waals surface area contributed by atoms with Gasteiger partial charge in [0.25, 0.3) is 0 Å². The molecule has 3 unspecified atom stereocenters. The summed E-state index contributed by atoms with van der Waals surface area (Å²) in [5.74, 6) is 0.437. The van der Waals surface area contributed by atoms with Crippen molar-refractivity contribution >= 4 is 16.8 Å². The molecule has 0 radical (unpaired) electrons. The molecule has 1 N–H and O–H groups in total. The Morgan fingerprint density at radius 2 is 1.70 bits per heavy atom. The van der Waals surface area contributed by atoms with Crippen LogP contribution in [-0.4, -0.2) is 20.5 Å². The second-order valence-electron chi connectivity index (χ2n) is 6.05. The molecule has 0 bridgehead atoms. The Bertz CT molecular complexity index is 485. The quantitative estimate of drug-likeness (QED) is 0.927. The number of hydrogen-bond donors (Lipinski definition) is 1. The molecule has 1 fully saturated rings. The summed E-state index contributed by atoms with van der Waals surface area (Å²) in [5.41, 5.74) is 0.753. The Balaban J connectivity index is 2.07. The highest BCUT2D eigenvalue weighted by Gasteiger charge is 2.28. The Hall–Kier alpha value is -1.16. The van der Waals surface area contributed by atoms with E-state index in [1.165, 1.54) is 6.42 Å². The number of carboxylic acid groups (broad SMARTS) is 1. The van der Waals surface area contributed by atoms with E-state index in [-0.39, 0.29) is 11.7 Å². The van der Waals surface area contributed by atoms with Crippen LogP contribution in [0.4, 0.5) is 0 Å². The second kappa shape index (κ2) is 6.53. The summed E-state index contributed by atoms with van der Waals surface area (Å²) < 4.78 is 12.6. The van der Waals surface area contributed by atoms with Gasteiger partial charge < -0.3 is 5.11 Å². The lowest BCUT2D eigenvalue weighted by Crippen LogP contribution is -2.27. The Morgan fingerprint density at radius 3 is 2.20 bits per heavy atom. The Labute approximate surface area is 122 Å². The highest BCUT2D eigenvalue weighted by atomic mass is 32.2. The molecule has 1 saturated carbocycles. The van der Waals surface area contributed by atoms with Gasteiger partial charge in [0.1, 0.15) is 0 Å². The zero-order chi connectivity index (χ0) is 14.7. The third kappa shape index (κ3) is 3.92. The Morgan fingerprint density at radius 1 is 1.15 bits per heavy atom. The van der Waals surface area contributed by atoms with Gasteiger partial charge in [0.2, 0.25) is 0 Å². The minimum atomic E-state index is -0.980. The van der Waals surface area contributed by atoms with E-state index in [2.05, 4.69) is 13.8 Å². The maximum Gasteiger partial charge on any atom is 0.307 e. The van der Waals surface area contributed by atoms with Crippen LogP contribution < -0.4 is 0 Å². The summed E-state index contributed by atoms with van der Waals surface area (Å²) in [7, 11) is -0.980. The molecule has 1 aliphatic rings. The van der Waals surface area contributed by atoms with Gasteiger partial charge in [-0.3, -0.25) is 9.00 Å². The monoisotopic (exact) mass is 294 g/mol. The Kier molecular flexibility index (Phi) is 4.97. The smallest absolute Gasteiger partial charge is 0.307 e. The lowest BCUT2D eigenvalue weighted by Gasteiger charge is -2.30. The van der Waals surface area contributed by atoms with E-state index in [9.17, 15) is 9.00 Å². The predicted octanol–water partition coefficient (Wildman–Crippen LogP) is 3.25. The fourth-order valence-corrected chi connectivity index (χ4v) is 4.95. The van der Waals surface area contributed by atoms with E-state index in [4.69, 9.17) is 5.11 Å². The normalized spacial score (nSPS) is 28.0. The SMILES string of the molecule is CC1CC(C)CC(S(=O)c2ccc(CC(=O)O)cc2)C1. The number of carboxylic acids is 1. The molecule has 0 aliphatic heterocycles. The first kappa shape index (κ1) is 15.2. The fourth-order valence-electron chi connectivity index (χ4n) is 3.16. The molecule has 0 spiro atoms. The molecule has 2 rings (SSSR count). The van der Waals surface area contributed by atoms with Gasteiger partial charge in [0, 0.05) is 10.1 Å². The molecule has 1 aliphatic carbocycles. The van der Waals surface area contributed by atoms with Crippen molar-refractivity contribution in [3.63, 3.8) is 0 Å². The van der Waals surface area contributed by atoms with E-state index in [0.717, 1.165) is 23.3 Å². The highest BCUT2D eigenvalue weighted by molar-refractivity contribution is 7.85. The first-order valence-corrected chi connectivity index (χ1v) is 8.38. The topological polar surface area (TPSA) is 54.4 Å². The van der Waals surface area contributed by atoms with Crippen LogP contribution >= 0.6 is 0 Å². The maximum atomic E-state index is 12.6. The van der Waals surface area contributed by atoms with Crippen molar-refractivity contribution in [3.05, 3.63) is 29.8 Å². The van der Waals surface area contributed by atoms with Crippen LogP contribution in [0, 0.1) is 11.8 Å². The minimum Gasteiger partial charge on any atom is -0.481 e. The standard InChI is InChI=1S/C16H22O3S/c1-11-7-12(2)9-15(8-11)20(19)14-5-3-13(4-6-14)10-16(17)18/h3-6,11-12,15H,7-10H2,1-2H3,(H,17,18). The average molecular weight is 294 g/mol. The van der Waals surface area contributed by atoms with Gasteiger partial charge >= 0.3 is 5.97 Å². The summed E-state index contributed by atoms with van der Waals surface area (Å²) in [6, 6.07) is 7.19. The first-order chi connectivity index (χ1) is 9.45. The predicted molar refractivity (Wildman–Crippen MR) is 80.2 cm³/mol. The van der Waals surface area contributed by atoms with E-state index >= 15 is 0 Å². The summed E-state index contributed by atoms with van der Waals surface area (Å²) >= 11 is 0. The van der Waals surface area contributed by atoms with Gasteiger partial charge in [-0.25, -0.2) is 0 Å². The van der Waals surface area contributed by atoms with Crippen molar-refractivity contribution in [2.45, 2.75) is 49.7 Å². The van der Waals surface area contributed by atoms with Gasteiger partial charge in [-0.2, -0.15) is 0 Å². The average Bonchev–Trinajstić information content (AvgIpc) is 2.37. The van der Waals surface area contributed by atoms with Crippen LogP contribution in [0.3, 0.4) is 0 Å². The van der Waals surface area contributed by atoms with Gasteiger partial charge in [-0.15, -0.1) is 0 Å². The van der Waals surface area contributed by atoms with Crippen molar-refractivity contribution < 1.29 is 14.1 Å². The molecule has 1 aromatic rings. The minimum absolute atomic E-state index is 0.0183. The zero-order valence-corrected chi connectivity index (χ0v) is 12.9. The van der Waals surface area contributed by atoms with Crippen molar-refractivity contribution in [1.82, 2.24) is 0 Å². The van der Waals surface area contributed by atoms with Gasteiger partial charge in [0.05, 0.1) is 17.2 Å². The molecule has 0 amide bonds. The summed E-state index contributed by atoms with van der Waals surface area (Å²) in [6.45, 7) is 4.46. The third-order valence-electron chi connectivity index (χ3n) is 3.95. The van der Waals surface area contributed by atoms with Crippen molar-refractivity contribution in [1.29, 1.82) is 0 Å². The van der Waals surface area contributed by atoms with Crippen molar-refractivity contribution in [2.75, 3.05) is 0 Å². The van der Waals surface area contributed by atoms with Crippen LogP contribution in [0.1, 0.15) is 38.7 Å². The van der Waals surface area contributed by atoms with Crippen LogP contribution in [-0.2, 0) is 22.0 Å². The summed E-state index contributed by atoms with van der Waals surface area (Å²) in [5, 5.41) is 8.98. The number of benzene rings is 1. The lowest BCUT2D eigenvalue weighted by atomic mass is 9.83. The first-order valence-electron chi connectivity index (χ1n) is 7.17. The number of carbonyl (C=O) groups is 1. The lowest BCUT2D eigenvalue weighted by molar-refractivity contribution is -0.136. The summed E-state index contributed by atoms with van der Waals surface area (Å²) in [6.07, 6.45) is 3.29. The van der Waals surface area contributed by atoms with Gasteiger partial charge in [0.15, 0.2) is 0 Å². The highest BCUT2D eigenvalue weighted by Crippen LogP contribution is 2.33.